The van der Waals surface area contributed by atoms with Crippen molar-refractivity contribution in [1.82, 2.24) is 14.9 Å². The van der Waals surface area contributed by atoms with Crippen LogP contribution in [0.1, 0.15) is 26.7 Å². The second-order valence-corrected chi connectivity index (χ2v) is 5.11. The fraction of sp³-hybridized carbons (Fsp3) is 0.643. The van der Waals surface area contributed by atoms with Crippen LogP contribution in [0.4, 0.5) is 17.6 Å². The molecule has 0 fully saturated rings. The summed E-state index contributed by atoms with van der Waals surface area (Å²) < 4.78 is 0. The topological polar surface area (TPSA) is 87.4 Å². The van der Waals surface area contributed by atoms with E-state index in [1.54, 1.807) is 19.0 Å². The summed E-state index contributed by atoms with van der Waals surface area (Å²) in [6.45, 7) is 5.99. The highest BCUT2D eigenvalue weighted by molar-refractivity contribution is 5.80. The van der Waals surface area contributed by atoms with Gasteiger partial charge < -0.3 is 20.9 Å². The first-order chi connectivity index (χ1) is 9.97. The molecule has 1 rings (SSSR count). The predicted octanol–water partition coefficient (Wildman–Crippen LogP) is 1.19. The van der Waals surface area contributed by atoms with Gasteiger partial charge in [0.25, 0.3) is 0 Å². The molecule has 0 radical (unpaired) electrons. The third-order valence-electron chi connectivity index (χ3n) is 2.93. The Morgan fingerprint density at radius 1 is 1.29 bits per heavy atom. The predicted molar refractivity (Wildman–Crippen MR) is 86.4 cm³/mol. The van der Waals surface area contributed by atoms with E-state index in [2.05, 4.69) is 29.1 Å². The highest BCUT2D eigenvalue weighted by Crippen LogP contribution is 2.17. The maximum Gasteiger partial charge on any atom is 0.241 e. The number of hydrogen-bond acceptors (Lipinski definition) is 6. The van der Waals surface area contributed by atoms with Gasteiger partial charge in [-0.1, -0.05) is 13.8 Å². The minimum atomic E-state index is 0.0312. The van der Waals surface area contributed by atoms with Gasteiger partial charge in [-0.25, -0.2) is 0 Å². The monoisotopic (exact) mass is 294 g/mol. The molecule has 1 aromatic heterocycles. The molecular weight excluding hydrogens is 268 g/mol. The maximum atomic E-state index is 11.9. The van der Waals surface area contributed by atoms with Gasteiger partial charge in [0.05, 0.1) is 6.54 Å². The van der Waals surface area contributed by atoms with E-state index in [9.17, 15) is 4.79 Å². The first kappa shape index (κ1) is 17.0. The number of aromatic nitrogens is 2. The summed E-state index contributed by atoms with van der Waals surface area (Å²) in [7, 11) is 3.49. The average molecular weight is 294 g/mol. The molecule has 0 aromatic carbocycles. The molecule has 1 heterocycles. The molecule has 1 amide bonds. The second-order valence-electron chi connectivity index (χ2n) is 5.11. The van der Waals surface area contributed by atoms with E-state index in [0.29, 0.717) is 11.6 Å². The van der Waals surface area contributed by atoms with Gasteiger partial charge in [-0.15, -0.1) is 0 Å². The number of nitrogen functional groups attached to an aromatic ring is 1. The highest BCUT2D eigenvalue weighted by atomic mass is 16.2. The SMILES string of the molecule is CCCNc1cc(N(CCC)CC(=O)N(C)C)nc(N)n1. The quantitative estimate of drug-likeness (QED) is 0.749. The number of amides is 1. The lowest BCUT2D eigenvalue weighted by molar-refractivity contribution is -0.127. The van der Waals surface area contributed by atoms with E-state index in [4.69, 9.17) is 5.73 Å². The Bertz CT molecular complexity index is 463. The van der Waals surface area contributed by atoms with Crippen LogP contribution >= 0.6 is 0 Å². The maximum absolute atomic E-state index is 11.9. The number of likely N-dealkylation sites (N-methyl/N-ethyl adjacent to an activating group) is 1. The molecule has 0 atom stereocenters. The summed E-state index contributed by atoms with van der Waals surface area (Å²) in [6.07, 6.45) is 1.92. The van der Waals surface area contributed by atoms with Crippen LogP contribution in [0.15, 0.2) is 6.07 Å². The zero-order valence-electron chi connectivity index (χ0n) is 13.4. The number of rotatable bonds is 8. The van der Waals surface area contributed by atoms with Crippen molar-refractivity contribution in [3.63, 3.8) is 0 Å². The third kappa shape index (κ3) is 5.45. The number of anilines is 3. The van der Waals surface area contributed by atoms with Crippen LogP contribution in [-0.2, 0) is 4.79 Å². The van der Waals surface area contributed by atoms with E-state index < -0.39 is 0 Å². The number of nitrogens with two attached hydrogens (primary N) is 1. The minimum Gasteiger partial charge on any atom is -0.370 e. The van der Waals surface area contributed by atoms with Crippen molar-refractivity contribution in [3.8, 4) is 0 Å². The van der Waals surface area contributed by atoms with Gasteiger partial charge in [0, 0.05) is 33.3 Å². The van der Waals surface area contributed by atoms with Crippen molar-refractivity contribution in [1.29, 1.82) is 0 Å². The van der Waals surface area contributed by atoms with E-state index >= 15 is 0 Å². The van der Waals surface area contributed by atoms with Crippen LogP contribution < -0.4 is 16.0 Å². The van der Waals surface area contributed by atoms with Crippen molar-refractivity contribution in [3.05, 3.63) is 6.07 Å². The second kappa shape index (κ2) is 8.28. The molecule has 21 heavy (non-hydrogen) atoms. The number of nitrogens with zero attached hydrogens (tertiary/aromatic N) is 4. The molecule has 3 N–H and O–H groups in total. The molecule has 0 bridgehead atoms. The molecule has 0 aliphatic carbocycles. The Morgan fingerprint density at radius 2 is 2.00 bits per heavy atom. The standard InChI is InChI=1S/C14H26N6O/c1-5-7-16-11-9-12(18-14(15)17-11)20(8-6-2)10-13(21)19(3)4/h9H,5-8,10H2,1-4H3,(H3,15,16,17,18). The Morgan fingerprint density at radius 3 is 2.57 bits per heavy atom. The lowest BCUT2D eigenvalue weighted by Gasteiger charge is -2.24. The first-order valence-electron chi connectivity index (χ1n) is 7.31. The third-order valence-corrected chi connectivity index (χ3v) is 2.93. The van der Waals surface area contributed by atoms with Crippen LogP contribution in [0.2, 0.25) is 0 Å². The molecule has 0 aliphatic heterocycles. The summed E-state index contributed by atoms with van der Waals surface area (Å²) in [5.74, 6) is 1.61. The van der Waals surface area contributed by atoms with Crippen molar-refractivity contribution in [2.45, 2.75) is 26.7 Å². The minimum absolute atomic E-state index is 0.0312. The summed E-state index contributed by atoms with van der Waals surface area (Å²) in [4.78, 5) is 23.9. The van der Waals surface area contributed by atoms with Gasteiger partial charge >= 0.3 is 0 Å². The lowest BCUT2D eigenvalue weighted by Crippen LogP contribution is -2.37. The van der Waals surface area contributed by atoms with Gasteiger partial charge in [0.1, 0.15) is 11.6 Å². The van der Waals surface area contributed by atoms with E-state index in [-0.39, 0.29) is 18.4 Å². The van der Waals surface area contributed by atoms with Crippen LogP contribution in [0.3, 0.4) is 0 Å². The molecule has 0 aliphatic rings. The first-order valence-corrected chi connectivity index (χ1v) is 7.31. The average Bonchev–Trinajstić information content (AvgIpc) is 2.43. The van der Waals surface area contributed by atoms with E-state index in [0.717, 1.165) is 25.9 Å². The number of carbonyl (C=O) groups is 1. The highest BCUT2D eigenvalue weighted by Gasteiger charge is 2.15. The Labute approximate surface area is 126 Å². The van der Waals surface area contributed by atoms with Crippen LogP contribution in [-0.4, -0.2) is 54.5 Å². The Kier molecular flexibility index (Phi) is 6.71. The molecule has 0 unspecified atom stereocenters. The molecule has 118 valence electrons. The smallest absolute Gasteiger partial charge is 0.241 e. The van der Waals surface area contributed by atoms with Gasteiger partial charge in [-0.2, -0.15) is 9.97 Å². The van der Waals surface area contributed by atoms with Crippen LogP contribution in [0, 0.1) is 0 Å². The summed E-state index contributed by atoms with van der Waals surface area (Å²) in [5, 5.41) is 3.20. The summed E-state index contributed by atoms with van der Waals surface area (Å²) in [5.41, 5.74) is 5.77. The van der Waals surface area contributed by atoms with Crippen molar-refractivity contribution in [2.75, 3.05) is 49.7 Å². The zero-order chi connectivity index (χ0) is 15.8. The summed E-state index contributed by atoms with van der Waals surface area (Å²) >= 11 is 0. The van der Waals surface area contributed by atoms with E-state index in [1.165, 1.54) is 0 Å². The van der Waals surface area contributed by atoms with Crippen LogP contribution in [0.25, 0.3) is 0 Å². The fourth-order valence-corrected chi connectivity index (χ4v) is 1.81. The van der Waals surface area contributed by atoms with Crippen molar-refractivity contribution >= 4 is 23.5 Å². The molecule has 7 heteroatoms. The summed E-state index contributed by atoms with van der Waals surface area (Å²) in [6, 6.07) is 1.84. The van der Waals surface area contributed by atoms with Crippen molar-refractivity contribution in [2.24, 2.45) is 0 Å². The van der Waals surface area contributed by atoms with Crippen LogP contribution in [0.5, 0.6) is 0 Å². The molecule has 0 spiro atoms. The molecular formula is C14H26N6O. The molecule has 1 aromatic rings. The number of carbonyl (C=O) groups excluding carboxylic acids is 1. The Balaban J connectivity index is 2.95. The number of hydrogen-bond donors (Lipinski definition) is 2. The molecule has 0 saturated heterocycles. The van der Waals surface area contributed by atoms with E-state index in [1.807, 2.05) is 11.0 Å². The van der Waals surface area contributed by atoms with Crippen molar-refractivity contribution < 1.29 is 4.79 Å². The molecule has 0 saturated carbocycles. The Hall–Kier alpha value is -2.05. The van der Waals surface area contributed by atoms with Gasteiger partial charge in [0.2, 0.25) is 11.9 Å². The number of nitrogens with one attached hydrogen (secondary N) is 1. The zero-order valence-corrected chi connectivity index (χ0v) is 13.4. The van der Waals surface area contributed by atoms with Gasteiger partial charge in [-0.3, -0.25) is 4.79 Å². The lowest BCUT2D eigenvalue weighted by atomic mass is 10.3. The largest absolute Gasteiger partial charge is 0.370 e. The van der Waals surface area contributed by atoms with Gasteiger partial charge in [-0.05, 0) is 12.8 Å². The molecule has 7 nitrogen and oxygen atoms in total. The normalized spacial score (nSPS) is 10.3. The van der Waals surface area contributed by atoms with Gasteiger partial charge in [0.15, 0.2) is 0 Å². The fourth-order valence-electron chi connectivity index (χ4n) is 1.81.